The summed E-state index contributed by atoms with van der Waals surface area (Å²) in [5.41, 5.74) is 4.77. The number of carbonyl (C=O) groups is 1. The zero-order chi connectivity index (χ0) is 27.1. The van der Waals surface area contributed by atoms with Gasteiger partial charge in [-0.1, -0.05) is 41.4 Å². The van der Waals surface area contributed by atoms with Crippen LogP contribution in [-0.2, 0) is 23.1 Å². The summed E-state index contributed by atoms with van der Waals surface area (Å²) in [5, 5.41) is 4.39. The molecule has 1 heterocycles. The van der Waals surface area contributed by atoms with Crippen molar-refractivity contribution >= 4 is 33.7 Å². The predicted molar refractivity (Wildman–Crippen MR) is 146 cm³/mol. The van der Waals surface area contributed by atoms with Gasteiger partial charge in [0.15, 0.2) is 0 Å². The molecular formula is C28H26ClN3O5S. The number of hydrazone groups is 1. The van der Waals surface area contributed by atoms with Crippen LogP contribution in [0.4, 0.5) is 0 Å². The Morgan fingerprint density at radius 1 is 0.974 bits per heavy atom. The summed E-state index contributed by atoms with van der Waals surface area (Å²) in [7, 11) is -2.32. The Bertz CT molecular complexity index is 1510. The Balaban J connectivity index is 1.48. The fourth-order valence-electron chi connectivity index (χ4n) is 3.56. The minimum absolute atomic E-state index is 0.00904. The van der Waals surface area contributed by atoms with Crippen LogP contribution in [0, 0.1) is 6.92 Å². The smallest absolute Gasteiger partial charge is 0.271 e. The van der Waals surface area contributed by atoms with Crippen LogP contribution in [0.3, 0.4) is 0 Å². The molecule has 0 aliphatic heterocycles. The van der Waals surface area contributed by atoms with Gasteiger partial charge in [-0.2, -0.15) is 9.41 Å². The van der Waals surface area contributed by atoms with Gasteiger partial charge in [0.1, 0.15) is 17.3 Å². The van der Waals surface area contributed by atoms with Crippen LogP contribution in [0.1, 0.15) is 33.0 Å². The summed E-state index contributed by atoms with van der Waals surface area (Å²) in [5.74, 6) is 1.02. The van der Waals surface area contributed by atoms with Crippen molar-refractivity contribution in [2.24, 2.45) is 5.10 Å². The van der Waals surface area contributed by atoms with Gasteiger partial charge in [0.05, 0.1) is 24.8 Å². The lowest BCUT2D eigenvalue weighted by molar-refractivity contribution is 0.0955. The SMILES string of the molecule is COc1ccc(C(=O)N/N=C\c2ccc(CN(Cc3ccc(C)cc3)S(=O)(=O)c3ccc(Cl)cc3)o2)cc1. The predicted octanol–water partition coefficient (Wildman–Crippen LogP) is 5.41. The lowest BCUT2D eigenvalue weighted by Gasteiger charge is -2.21. The van der Waals surface area contributed by atoms with Crippen LogP contribution in [0.25, 0.3) is 0 Å². The molecule has 0 aliphatic carbocycles. The molecule has 10 heteroatoms. The quantitative estimate of drug-likeness (QED) is 0.210. The third-order valence-corrected chi connectivity index (χ3v) is 7.71. The summed E-state index contributed by atoms with van der Waals surface area (Å²) in [6.07, 6.45) is 1.35. The topological polar surface area (TPSA) is 101 Å². The number of benzene rings is 3. The van der Waals surface area contributed by atoms with Crippen molar-refractivity contribution < 1.29 is 22.4 Å². The molecule has 0 bridgehead atoms. The number of amides is 1. The summed E-state index contributed by atoms with van der Waals surface area (Å²) >= 11 is 5.96. The largest absolute Gasteiger partial charge is 0.497 e. The van der Waals surface area contributed by atoms with Crippen molar-refractivity contribution in [3.05, 3.63) is 118 Å². The molecule has 0 saturated heterocycles. The second-order valence-corrected chi connectivity index (χ2v) is 10.8. The number of nitrogens with zero attached hydrogens (tertiary/aromatic N) is 2. The van der Waals surface area contributed by atoms with Crippen LogP contribution >= 0.6 is 11.6 Å². The van der Waals surface area contributed by atoms with Crippen molar-refractivity contribution in [1.29, 1.82) is 0 Å². The van der Waals surface area contributed by atoms with Gasteiger partial charge < -0.3 is 9.15 Å². The number of hydrogen-bond donors (Lipinski definition) is 1. The Kier molecular flexibility index (Phi) is 8.62. The molecular weight excluding hydrogens is 526 g/mol. The highest BCUT2D eigenvalue weighted by Gasteiger charge is 2.26. The van der Waals surface area contributed by atoms with E-state index in [1.165, 1.54) is 22.7 Å². The van der Waals surface area contributed by atoms with Crippen molar-refractivity contribution in [2.75, 3.05) is 7.11 Å². The minimum atomic E-state index is -3.86. The second-order valence-electron chi connectivity index (χ2n) is 8.44. The first-order valence-corrected chi connectivity index (χ1v) is 13.4. The van der Waals surface area contributed by atoms with E-state index in [0.29, 0.717) is 27.9 Å². The van der Waals surface area contributed by atoms with Crippen molar-refractivity contribution in [3.63, 3.8) is 0 Å². The molecule has 4 rings (SSSR count). The number of rotatable bonds is 10. The van der Waals surface area contributed by atoms with E-state index in [4.69, 9.17) is 20.8 Å². The van der Waals surface area contributed by atoms with Gasteiger partial charge in [0.25, 0.3) is 5.91 Å². The molecule has 38 heavy (non-hydrogen) atoms. The lowest BCUT2D eigenvalue weighted by atomic mass is 10.1. The maximum Gasteiger partial charge on any atom is 0.271 e. The average Bonchev–Trinajstić information content (AvgIpc) is 3.37. The number of halogens is 1. The van der Waals surface area contributed by atoms with E-state index in [1.807, 2.05) is 31.2 Å². The molecule has 0 spiro atoms. The Morgan fingerprint density at radius 3 is 2.32 bits per heavy atom. The van der Waals surface area contributed by atoms with Crippen LogP contribution in [0.2, 0.25) is 5.02 Å². The molecule has 0 saturated carbocycles. The van der Waals surface area contributed by atoms with E-state index >= 15 is 0 Å². The monoisotopic (exact) mass is 551 g/mol. The van der Waals surface area contributed by atoms with Gasteiger partial charge in [-0.25, -0.2) is 13.8 Å². The Labute approximate surface area is 226 Å². The second kappa shape index (κ2) is 12.1. The first kappa shape index (κ1) is 27.1. The van der Waals surface area contributed by atoms with Gasteiger partial charge in [-0.15, -0.1) is 0 Å². The molecule has 1 amide bonds. The molecule has 0 atom stereocenters. The summed E-state index contributed by atoms with van der Waals surface area (Å²) in [4.78, 5) is 12.4. The average molecular weight is 552 g/mol. The van der Waals surface area contributed by atoms with Crippen LogP contribution < -0.4 is 10.2 Å². The van der Waals surface area contributed by atoms with Gasteiger partial charge >= 0.3 is 0 Å². The first-order valence-electron chi connectivity index (χ1n) is 11.6. The van der Waals surface area contributed by atoms with Gasteiger partial charge in [0, 0.05) is 17.1 Å². The molecule has 8 nitrogen and oxygen atoms in total. The number of sulfonamides is 1. The molecule has 1 aromatic heterocycles. The number of ether oxygens (including phenoxy) is 1. The fourth-order valence-corrected chi connectivity index (χ4v) is 5.08. The molecule has 1 N–H and O–H groups in total. The highest BCUT2D eigenvalue weighted by atomic mass is 35.5. The zero-order valence-corrected chi connectivity index (χ0v) is 22.4. The van der Waals surface area contributed by atoms with Gasteiger partial charge in [-0.3, -0.25) is 4.79 Å². The highest BCUT2D eigenvalue weighted by Crippen LogP contribution is 2.23. The molecule has 0 unspecified atom stereocenters. The van der Waals surface area contributed by atoms with Crippen molar-refractivity contribution in [2.45, 2.75) is 24.9 Å². The third-order valence-electron chi connectivity index (χ3n) is 5.66. The third kappa shape index (κ3) is 6.89. The molecule has 0 aliphatic rings. The lowest BCUT2D eigenvalue weighted by Crippen LogP contribution is -2.30. The number of aryl methyl sites for hydroxylation is 1. The van der Waals surface area contributed by atoms with Crippen LogP contribution in [-0.4, -0.2) is 32.0 Å². The number of hydrogen-bond acceptors (Lipinski definition) is 6. The van der Waals surface area contributed by atoms with E-state index in [0.717, 1.165) is 11.1 Å². The van der Waals surface area contributed by atoms with E-state index in [-0.39, 0.29) is 18.0 Å². The number of nitrogens with one attached hydrogen (secondary N) is 1. The normalized spacial score (nSPS) is 11.7. The Hall–Kier alpha value is -3.92. The standard InChI is InChI=1S/C28H26ClN3O5S/c1-20-3-5-21(6-4-20)18-32(38(34,35)27-15-9-23(29)10-16-27)19-26-14-13-25(37-26)17-30-31-28(33)22-7-11-24(36-2)12-8-22/h3-17H,18-19H2,1-2H3,(H,31,33)/b30-17-. The number of furan rings is 1. The van der Waals surface area contributed by atoms with Crippen molar-refractivity contribution in [1.82, 2.24) is 9.73 Å². The molecule has 196 valence electrons. The van der Waals surface area contributed by atoms with Gasteiger partial charge in [-0.05, 0) is 73.2 Å². The van der Waals surface area contributed by atoms with E-state index in [2.05, 4.69) is 10.5 Å². The summed E-state index contributed by atoms with van der Waals surface area (Å²) in [6, 6.07) is 23.6. The highest BCUT2D eigenvalue weighted by molar-refractivity contribution is 7.89. The number of methoxy groups -OCH3 is 1. The summed E-state index contributed by atoms with van der Waals surface area (Å²) < 4.78 is 39.2. The molecule has 3 aromatic carbocycles. The van der Waals surface area contributed by atoms with Crippen LogP contribution in [0.5, 0.6) is 5.75 Å². The molecule has 4 aromatic rings. The van der Waals surface area contributed by atoms with E-state index < -0.39 is 15.9 Å². The maximum atomic E-state index is 13.5. The first-order chi connectivity index (χ1) is 18.2. The number of carbonyl (C=O) groups excluding carboxylic acids is 1. The minimum Gasteiger partial charge on any atom is -0.497 e. The fraction of sp³-hybridized carbons (Fsp3) is 0.143. The maximum absolute atomic E-state index is 13.5. The molecule has 0 fully saturated rings. The zero-order valence-electron chi connectivity index (χ0n) is 20.8. The van der Waals surface area contributed by atoms with E-state index in [1.54, 1.807) is 55.6 Å². The van der Waals surface area contributed by atoms with Crippen molar-refractivity contribution in [3.8, 4) is 5.75 Å². The summed E-state index contributed by atoms with van der Waals surface area (Å²) in [6.45, 7) is 2.11. The molecule has 0 radical (unpaired) electrons. The van der Waals surface area contributed by atoms with Crippen LogP contribution in [0.15, 0.2) is 99.3 Å². The van der Waals surface area contributed by atoms with Gasteiger partial charge in [0.2, 0.25) is 10.0 Å². The Morgan fingerprint density at radius 2 is 1.66 bits per heavy atom. The van der Waals surface area contributed by atoms with E-state index in [9.17, 15) is 13.2 Å².